The first kappa shape index (κ1) is 15.0. The zero-order valence-electron chi connectivity index (χ0n) is 11.1. The van der Waals surface area contributed by atoms with Crippen molar-refractivity contribution in [2.24, 2.45) is 0 Å². The van der Waals surface area contributed by atoms with E-state index in [2.05, 4.69) is 14.9 Å². The molecule has 2 aromatic rings. The highest BCUT2D eigenvalue weighted by molar-refractivity contribution is 7.89. The van der Waals surface area contributed by atoms with Crippen molar-refractivity contribution in [2.75, 3.05) is 0 Å². The summed E-state index contributed by atoms with van der Waals surface area (Å²) >= 11 is 0. The Kier molecular flexibility index (Phi) is 4.24. The number of nitro benzene ring substituents is 1. The van der Waals surface area contributed by atoms with E-state index in [0.29, 0.717) is 5.69 Å². The molecule has 21 heavy (non-hydrogen) atoms. The fourth-order valence-corrected chi connectivity index (χ4v) is 2.58. The Morgan fingerprint density at radius 1 is 1.24 bits per heavy atom. The van der Waals surface area contributed by atoms with E-state index in [-0.39, 0.29) is 17.1 Å². The van der Waals surface area contributed by atoms with E-state index in [1.807, 2.05) is 0 Å². The lowest BCUT2D eigenvalue weighted by Crippen LogP contribution is -2.24. The van der Waals surface area contributed by atoms with E-state index in [1.54, 1.807) is 19.1 Å². The van der Waals surface area contributed by atoms with Crippen molar-refractivity contribution in [1.82, 2.24) is 14.9 Å². The molecule has 0 spiro atoms. The summed E-state index contributed by atoms with van der Waals surface area (Å²) in [6.07, 6.45) is 0. The van der Waals surface area contributed by atoms with Crippen molar-refractivity contribution in [3.8, 4) is 0 Å². The van der Waals surface area contributed by atoms with Crippen LogP contribution in [-0.4, -0.2) is 23.5 Å². The molecule has 8 nitrogen and oxygen atoms in total. The molecule has 1 aromatic carbocycles. The van der Waals surface area contributed by atoms with Gasteiger partial charge in [0.25, 0.3) is 5.69 Å². The monoisotopic (exact) mass is 308 g/mol. The van der Waals surface area contributed by atoms with Crippen LogP contribution >= 0.6 is 0 Å². The second kappa shape index (κ2) is 5.94. The smallest absolute Gasteiger partial charge is 0.258 e. The fourth-order valence-electron chi connectivity index (χ4n) is 1.54. The highest BCUT2D eigenvalue weighted by atomic mass is 32.2. The lowest BCUT2D eigenvalue weighted by atomic mass is 10.3. The minimum atomic E-state index is -3.85. The number of rotatable bonds is 5. The van der Waals surface area contributed by atoms with E-state index in [4.69, 9.17) is 0 Å². The van der Waals surface area contributed by atoms with E-state index in [0.717, 1.165) is 11.8 Å². The number of non-ortho nitro benzene ring substituents is 1. The molecule has 0 radical (unpaired) electrons. The van der Waals surface area contributed by atoms with Crippen LogP contribution in [0.3, 0.4) is 0 Å². The molecular weight excluding hydrogens is 296 g/mol. The third kappa shape index (κ3) is 3.80. The van der Waals surface area contributed by atoms with E-state index in [9.17, 15) is 18.5 Å². The Morgan fingerprint density at radius 3 is 2.62 bits per heavy atom. The summed E-state index contributed by atoms with van der Waals surface area (Å²) < 4.78 is 26.5. The van der Waals surface area contributed by atoms with Crippen molar-refractivity contribution in [3.05, 3.63) is 57.9 Å². The van der Waals surface area contributed by atoms with Gasteiger partial charge < -0.3 is 0 Å². The van der Waals surface area contributed by atoms with E-state index in [1.165, 1.54) is 18.2 Å². The van der Waals surface area contributed by atoms with Crippen LogP contribution in [0.15, 0.2) is 41.3 Å². The second-order valence-electron chi connectivity index (χ2n) is 4.25. The number of sulfonamides is 1. The third-order valence-corrected chi connectivity index (χ3v) is 4.03. The number of nitrogens with one attached hydrogen (secondary N) is 1. The molecule has 0 saturated carbocycles. The molecular formula is C12H12N4O4S. The van der Waals surface area contributed by atoms with Crippen LogP contribution in [0, 0.1) is 17.0 Å². The summed E-state index contributed by atoms with van der Waals surface area (Å²) in [7, 11) is -3.85. The van der Waals surface area contributed by atoms with Gasteiger partial charge in [-0.2, -0.15) is 10.2 Å². The summed E-state index contributed by atoms with van der Waals surface area (Å²) in [5.41, 5.74) is 0.892. The Hall–Kier alpha value is -2.39. The normalized spacial score (nSPS) is 11.3. The Labute approximate surface area is 121 Å². The molecule has 0 amide bonds. The molecule has 0 bridgehead atoms. The molecule has 0 unspecified atom stereocenters. The van der Waals surface area contributed by atoms with Crippen molar-refractivity contribution < 1.29 is 13.3 Å². The first-order valence-electron chi connectivity index (χ1n) is 5.92. The molecule has 2 rings (SSSR count). The molecule has 1 N–H and O–H groups in total. The van der Waals surface area contributed by atoms with Crippen molar-refractivity contribution in [2.45, 2.75) is 18.4 Å². The standard InChI is InChI=1S/C12H12N4O4S/c1-9-5-6-10(15-14-9)8-13-21(19,20)12-4-2-3-11(7-12)16(17)18/h2-7,13H,8H2,1H3. The molecule has 0 aliphatic carbocycles. The van der Waals surface area contributed by atoms with Gasteiger partial charge in [-0.05, 0) is 25.1 Å². The molecule has 1 aromatic heterocycles. The number of hydrogen-bond donors (Lipinski definition) is 1. The maximum atomic E-state index is 12.1. The first-order valence-corrected chi connectivity index (χ1v) is 7.40. The minimum Gasteiger partial charge on any atom is -0.258 e. The summed E-state index contributed by atoms with van der Waals surface area (Å²) in [4.78, 5) is 9.85. The molecule has 9 heteroatoms. The summed E-state index contributed by atoms with van der Waals surface area (Å²) in [6, 6.07) is 8.20. The van der Waals surface area contributed by atoms with Gasteiger partial charge in [-0.1, -0.05) is 6.07 Å². The van der Waals surface area contributed by atoms with Gasteiger partial charge in [-0.25, -0.2) is 13.1 Å². The van der Waals surface area contributed by atoms with Gasteiger partial charge in [0.2, 0.25) is 10.0 Å². The highest BCUT2D eigenvalue weighted by Crippen LogP contribution is 2.17. The lowest BCUT2D eigenvalue weighted by Gasteiger charge is -2.06. The number of nitro groups is 1. The highest BCUT2D eigenvalue weighted by Gasteiger charge is 2.17. The summed E-state index contributed by atoms with van der Waals surface area (Å²) in [5, 5.41) is 18.3. The maximum Gasteiger partial charge on any atom is 0.270 e. The van der Waals surface area contributed by atoms with Crippen LogP contribution in [0.4, 0.5) is 5.69 Å². The molecule has 0 saturated heterocycles. The topological polar surface area (TPSA) is 115 Å². The number of aromatic nitrogens is 2. The van der Waals surface area contributed by atoms with Crippen LogP contribution in [0.1, 0.15) is 11.4 Å². The predicted octanol–water partition coefficient (Wildman–Crippen LogP) is 1.17. The number of aryl methyl sites for hydroxylation is 1. The van der Waals surface area contributed by atoms with Crippen LogP contribution in [-0.2, 0) is 16.6 Å². The number of nitrogens with zero attached hydrogens (tertiary/aromatic N) is 3. The summed E-state index contributed by atoms with van der Waals surface area (Å²) in [6.45, 7) is 1.72. The van der Waals surface area contributed by atoms with Crippen LogP contribution in [0.25, 0.3) is 0 Å². The van der Waals surface area contributed by atoms with Crippen LogP contribution in [0.5, 0.6) is 0 Å². The molecule has 1 heterocycles. The molecule has 110 valence electrons. The SMILES string of the molecule is Cc1ccc(CNS(=O)(=O)c2cccc([N+](=O)[O-])c2)nn1. The Morgan fingerprint density at radius 2 is 2.00 bits per heavy atom. The zero-order chi connectivity index (χ0) is 15.5. The fraction of sp³-hybridized carbons (Fsp3) is 0.167. The number of benzene rings is 1. The second-order valence-corrected chi connectivity index (χ2v) is 6.01. The predicted molar refractivity (Wildman–Crippen MR) is 73.9 cm³/mol. The minimum absolute atomic E-state index is 0.0433. The van der Waals surface area contributed by atoms with Gasteiger partial charge in [0.05, 0.1) is 27.8 Å². The van der Waals surface area contributed by atoms with Gasteiger partial charge in [0, 0.05) is 12.1 Å². The maximum absolute atomic E-state index is 12.1. The van der Waals surface area contributed by atoms with Gasteiger partial charge >= 0.3 is 0 Å². The molecule has 0 aliphatic heterocycles. The Bertz CT molecular complexity index is 759. The number of hydrogen-bond acceptors (Lipinski definition) is 6. The first-order chi connectivity index (χ1) is 9.88. The largest absolute Gasteiger partial charge is 0.270 e. The van der Waals surface area contributed by atoms with Crippen LogP contribution in [0.2, 0.25) is 0 Å². The van der Waals surface area contributed by atoms with Crippen molar-refractivity contribution in [1.29, 1.82) is 0 Å². The quantitative estimate of drug-likeness (QED) is 0.655. The van der Waals surface area contributed by atoms with Gasteiger partial charge in [-0.3, -0.25) is 10.1 Å². The van der Waals surface area contributed by atoms with E-state index < -0.39 is 14.9 Å². The van der Waals surface area contributed by atoms with Gasteiger partial charge in [0.1, 0.15) is 0 Å². The zero-order valence-corrected chi connectivity index (χ0v) is 11.9. The molecule has 0 atom stereocenters. The van der Waals surface area contributed by atoms with Crippen molar-refractivity contribution in [3.63, 3.8) is 0 Å². The Balaban J connectivity index is 2.16. The third-order valence-electron chi connectivity index (χ3n) is 2.64. The van der Waals surface area contributed by atoms with Gasteiger partial charge in [-0.15, -0.1) is 0 Å². The molecule has 0 fully saturated rings. The lowest BCUT2D eigenvalue weighted by molar-refractivity contribution is -0.385. The van der Waals surface area contributed by atoms with Crippen LogP contribution < -0.4 is 4.72 Å². The molecule has 0 aliphatic rings. The summed E-state index contributed by atoms with van der Waals surface area (Å²) in [5.74, 6) is 0. The van der Waals surface area contributed by atoms with Gasteiger partial charge in [0.15, 0.2) is 0 Å². The van der Waals surface area contributed by atoms with Crippen molar-refractivity contribution >= 4 is 15.7 Å². The van der Waals surface area contributed by atoms with E-state index >= 15 is 0 Å². The average molecular weight is 308 g/mol. The average Bonchev–Trinajstić information content (AvgIpc) is 2.47.